The number of anilines is 1. The molecule has 1 amide bonds. The van der Waals surface area contributed by atoms with Crippen LogP contribution in [-0.2, 0) is 4.79 Å². The number of nitrogens with zero attached hydrogens (tertiary/aromatic N) is 1. The van der Waals surface area contributed by atoms with Crippen molar-refractivity contribution in [2.45, 2.75) is 0 Å². The molecule has 1 saturated heterocycles. The van der Waals surface area contributed by atoms with E-state index in [1.54, 1.807) is 0 Å². The maximum absolute atomic E-state index is 11.6. The highest BCUT2D eigenvalue weighted by atomic mass is 35.5. The fraction of sp³-hybridized carbons (Fsp3) is 0.400. The van der Waals surface area contributed by atoms with E-state index in [0.717, 1.165) is 36.9 Å². The number of rotatable bonds is 4. The van der Waals surface area contributed by atoms with E-state index in [1.807, 2.05) is 24.3 Å². The Labute approximate surface area is 124 Å². The van der Waals surface area contributed by atoms with Crippen LogP contribution in [0.15, 0.2) is 24.3 Å². The molecule has 0 bridgehead atoms. The Hall–Kier alpha value is -1.70. The van der Waals surface area contributed by atoms with Gasteiger partial charge in [-0.25, -0.2) is 0 Å². The molecule has 0 spiro atoms. The Bertz CT molecular complexity index is 504. The van der Waals surface area contributed by atoms with Gasteiger partial charge in [0, 0.05) is 0 Å². The average Bonchev–Trinajstić information content (AvgIpc) is 2.47. The first-order valence-corrected chi connectivity index (χ1v) is 7.11. The van der Waals surface area contributed by atoms with E-state index in [2.05, 4.69) is 16.1 Å². The molecular weight excluding hydrogens is 274 g/mol. The van der Waals surface area contributed by atoms with E-state index in [0.29, 0.717) is 13.1 Å². The summed E-state index contributed by atoms with van der Waals surface area (Å²) in [5, 5.41) is 3.48. The summed E-state index contributed by atoms with van der Waals surface area (Å²) < 4.78 is 0. The minimum absolute atomic E-state index is 0.0177. The molecule has 1 aromatic carbocycles. The van der Waals surface area contributed by atoms with E-state index in [4.69, 9.17) is 18.0 Å². The number of carbonyl (C=O) groups excluding carboxylic acids is 1. The fourth-order valence-electron chi connectivity index (χ4n) is 2.39. The molecule has 1 aliphatic rings. The van der Waals surface area contributed by atoms with Gasteiger partial charge in [0.25, 0.3) is 5.91 Å². The molecule has 0 unspecified atom stereocenters. The highest BCUT2D eigenvalue weighted by Crippen LogP contribution is 2.24. The molecule has 4 nitrogen and oxygen atoms in total. The van der Waals surface area contributed by atoms with Crippen LogP contribution in [0.5, 0.6) is 0 Å². The summed E-state index contributed by atoms with van der Waals surface area (Å²) >= 11 is 6.20. The number of terminal acetylenes is 1. The predicted molar refractivity (Wildman–Crippen MR) is 81.1 cm³/mol. The zero-order chi connectivity index (χ0) is 14.4. The molecule has 20 heavy (non-hydrogen) atoms. The topological polar surface area (TPSA) is 36.8 Å². The smallest absolute Gasteiger partial charge is 0.275 e. The number of carbonyl (C=O) groups is 1. The summed E-state index contributed by atoms with van der Waals surface area (Å²) in [5.41, 5.74) is 1.07. The molecule has 106 valence electrons. The molecule has 0 radical (unpaired) electrons. The number of benzene rings is 1. The second-order valence-electron chi connectivity index (χ2n) is 4.85. The molecule has 5 heteroatoms. The predicted octanol–water partition coefficient (Wildman–Crippen LogP) is -0.206. The third-order valence-electron chi connectivity index (χ3n) is 3.46. The maximum atomic E-state index is 11.6. The summed E-state index contributed by atoms with van der Waals surface area (Å²) in [6.45, 7) is 4.45. The van der Waals surface area contributed by atoms with Gasteiger partial charge in [-0.05, 0) is 12.1 Å². The van der Waals surface area contributed by atoms with Crippen LogP contribution >= 0.6 is 11.6 Å². The van der Waals surface area contributed by atoms with Gasteiger partial charge in [-0.2, -0.15) is 0 Å². The molecule has 2 N–H and O–H groups in total. The monoisotopic (exact) mass is 292 g/mol. The first-order valence-electron chi connectivity index (χ1n) is 6.74. The van der Waals surface area contributed by atoms with Crippen molar-refractivity contribution in [1.82, 2.24) is 5.32 Å². The quantitative estimate of drug-likeness (QED) is 0.754. The Morgan fingerprint density at radius 1 is 1.40 bits per heavy atom. The van der Waals surface area contributed by atoms with E-state index in [1.165, 1.54) is 4.90 Å². The summed E-state index contributed by atoms with van der Waals surface area (Å²) in [4.78, 5) is 15.2. The molecule has 1 heterocycles. The van der Waals surface area contributed by atoms with Crippen LogP contribution in [0.3, 0.4) is 0 Å². The van der Waals surface area contributed by atoms with Gasteiger partial charge in [-0.3, -0.25) is 4.79 Å². The molecule has 2 rings (SSSR count). The highest BCUT2D eigenvalue weighted by molar-refractivity contribution is 6.33. The number of quaternary nitrogens is 1. The number of nitrogens with one attached hydrogen (secondary N) is 2. The number of piperazine rings is 1. The Morgan fingerprint density at radius 3 is 2.75 bits per heavy atom. The van der Waals surface area contributed by atoms with Gasteiger partial charge < -0.3 is 15.1 Å². The van der Waals surface area contributed by atoms with Gasteiger partial charge in [-0.1, -0.05) is 29.7 Å². The molecule has 0 aliphatic carbocycles. The van der Waals surface area contributed by atoms with Crippen LogP contribution in [-0.4, -0.2) is 45.2 Å². The SMILES string of the molecule is C#CCNC(=O)C[NH+]1CCN(c2ccccc2Cl)CC1. The van der Waals surface area contributed by atoms with Gasteiger partial charge in [0.1, 0.15) is 0 Å². The first-order chi connectivity index (χ1) is 9.70. The molecule has 0 aromatic heterocycles. The highest BCUT2D eigenvalue weighted by Gasteiger charge is 2.22. The number of hydrogen-bond acceptors (Lipinski definition) is 2. The lowest BCUT2D eigenvalue weighted by atomic mass is 10.2. The van der Waals surface area contributed by atoms with Crippen molar-refractivity contribution in [3.8, 4) is 12.3 Å². The minimum atomic E-state index is 0.0177. The third kappa shape index (κ3) is 3.89. The number of para-hydroxylation sites is 1. The molecule has 1 aromatic rings. The molecule has 1 aliphatic heterocycles. The molecular formula is C15H19ClN3O+. The number of amides is 1. The zero-order valence-electron chi connectivity index (χ0n) is 11.4. The van der Waals surface area contributed by atoms with Crippen LogP contribution in [0.1, 0.15) is 0 Å². The summed E-state index contributed by atoms with van der Waals surface area (Å²) in [5.74, 6) is 2.42. The standard InChI is InChI=1S/C15H18ClN3O/c1-2-7-17-15(20)12-18-8-10-19(11-9-18)14-6-4-3-5-13(14)16/h1,3-6H,7-12H2,(H,17,20)/p+1. The van der Waals surface area contributed by atoms with Gasteiger partial charge in [0.05, 0.1) is 43.4 Å². The average molecular weight is 293 g/mol. The van der Waals surface area contributed by atoms with Gasteiger partial charge in [-0.15, -0.1) is 6.42 Å². The second kappa shape index (κ2) is 7.18. The Morgan fingerprint density at radius 2 is 2.10 bits per heavy atom. The van der Waals surface area contributed by atoms with Gasteiger partial charge in [0.15, 0.2) is 6.54 Å². The van der Waals surface area contributed by atoms with Crippen molar-refractivity contribution in [3.05, 3.63) is 29.3 Å². The van der Waals surface area contributed by atoms with Crippen molar-refractivity contribution < 1.29 is 9.69 Å². The van der Waals surface area contributed by atoms with Crippen molar-refractivity contribution >= 4 is 23.2 Å². The second-order valence-corrected chi connectivity index (χ2v) is 5.25. The lowest BCUT2D eigenvalue weighted by molar-refractivity contribution is -0.892. The van der Waals surface area contributed by atoms with Crippen LogP contribution in [0.25, 0.3) is 0 Å². The molecule has 0 saturated carbocycles. The lowest BCUT2D eigenvalue weighted by Crippen LogP contribution is -3.16. The van der Waals surface area contributed by atoms with Gasteiger partial charge in [0.2, 0.25) is 0 Å². The van der Waals surface area contributed by atoms with Crippen LogP contribution in [0.4, 0.5) is 5.69 Å². The van der Waals surface area contributed by atoms with E-state index < -0.39 is 0 Å². The van der Waals surface area contributed by atoms with Crippen LogP contribution in [0.2, 0.25) is 5.02 Å². The van der Waals surface area contributed by atoms with Crippen LogP contribution < -0.4 is 15.1 Å². The normalized spacial score (nSPS) is 15.7. The van der Waals surface area contributed by atoms with Gasteiger partial charge >= 0.3 is 0 Å². The Balaban J connectivity index is 1.82. The van der Waals surface area contributed by atoms with Crippen LogP contribution in [0, 0.1) is 12.3 Å². The van der Waals surface area contributed by atoms with E-state index >= 15 is 0 Å². The zero-order valence-corrected chi connectivity index (χ0v) is 12.1. The fourth-order valence-corrected chi connectivity index (χ4v) is 2.64. The molecule has 1 fully saturated rings. The van der Waals surface area contributed by atoms with Crippen molar-refractivity contribution in [3.63, 3.8) is 0 Å². The number of halogens is 1. The third-order valence-corrected chi connectivity index (χ3v) is 3.78. The summed E-state index contributed by atoms with van der Waals surface area (Å²) in [6, 6.07) is 7.87. The van der Waals surface area contributed by atoms with E-state index in [-0.39, 0.29) is 5.91 Å². The van der Waals surface area contributed by atoms with E-state index in [9.17, 15) is 4.79 Å². The summed E-state index contributed by atoms with van der Waals surface area (Å²) in [7, 11) is 0. The summed E-state index contributed by atoms with van der Waals surface area (Å²) in [6.07, 6.45) is 5.12. The van der Waals surface area contributed by atoms with Crippen molar-refractivity contribution in [2.75, 3.05) is 44.2 Å². The largest absolute Gasteiger partial charge is 0.359 e. The first kappa shape index (κ1) is 14.7. The van der Waals surface area contributed by atoms with Crippen molar-refractivity contribution in [2.24, 2.45) is 0 Å². The Kier molecular flexibility index (Phi) is 5.28. The molecule has 0 atom stereocenters. The van der Waals surface area contributed by atoms with Crippen molar-refractivity contribution in [1.29, 1.82) is 0 Å². The maximum Gasteiger partial charge on any atom is 0.275 e. The minimum Gasteiger partial charge on any atom is -0.359 e. The lowest BCUT2D eigenvalue weighted by Gasteiger charge is -2.33. The number of hydrogen-bond donors (Lipinski definition) is 2.